The first kappa shape index (κ1) is 11.5. The Kier molecular flexibility index (Phi) is 3.01. The highest BCUT2D eigenvalue weighted by atomic mass is 16.5. The zero-order valence-corrected chi connectivity index (χ0v) is 10.1. The van der Waals surface area contributed by atoms with Crippen molar-refractivity contribution in [3.8, 4) is 11.8 Å². The van der Waals surface area contributed by atoms with E-state index in [-0.39, 0.29) is 0 Å². The van der Waals surface area contributed by atoms with Crippen molar-refractivity contribution < 1.29 is 4.74 Å². The first-order valence-electron chi connectivity index (χ1n) is 5.65. The van der Waals surface area contributed by atoms with Gasteiger partial charge in [0, 0.05) is 0 Å². The van der Waals surface area contributed by atoms with Crippen molar-refractivity contribution in [2.24, 2.45) is 0 Å². The fraction of sp³-hybridized carbons (Fsp3) is 0.267. The number of hydrogen-bond donors (Lipinski definition) is 0. The predicted molar refractivity (Wildman–Crippen MR) is 68.9 cm³/mol. The number of nitriles is 1. The molecule has 0 aromatic heterocycles. The molecular weight excluding hydrogens is 210 g/mol. The summed E-state index contributed by atoms with van der Waals surface area (Å²) in [7, 11) is 0. The van der Waals surface area contributed by atoms with E-state index in [1.54, 1.807) is 0 Å². The van der Waals surface area contributed by atoms with Crippen molar-refractivity contribution in [3.63, 3.8) is 0 Å². The maximum atomic E-state index is 8.72. The monoisotopic (exact) mass is 225 g/mol. The van der Waals surface area contributed by atoms with Crippen LogP contribution in [-0.4, -0.2) is 5.60 Å². The fourth-order valence-electron chi connectivity index (χ4n) is 1.78. The molecule has 17 heavy (non-hydrogen) atoms. The van der Waals surface area contributed by atoms with Crippen molar-refractivity contribution in [2.75, 3.05) is 0 Å². The molecule has 0 atom stereocenters. The van der Waals surface area contributed by atoms with Gasteiger partial charge in [0.2, 0.25) is 0 Å². The molecule has 2 rings (SSSR count). The van der Waals surface area contributed by atoms with Crippen LogP contribution in [0.5, 0.6) is 5.75 Å². The largest absolute Gasteiger partial charge is 0.487 e. The van der Waals surface area contributed by atoms with Crippen molar-refractivity contribution in [1.29, 1.82) is 5.26 Å². The smallest absolute Gasteiger partial charge is 0.120 e. The number of rotatable bonds is 3. The summed E-state index contributed by atoms with van der Waals surface area (Å²) >= 11 is 0. The Bertz CT molecular complexity index is 566. The molecular formula is C15H15NO. The summed E-state index contributed by atoms with van der Waals surface area (Å²) in [6.07, 6.45) is 0.375. The molecule has 0 saturated heterocycles. The van der Waals surface area contributed by atoms with Gasteiger partial charge in [-0.05, 0) is 36.8 Å². The van der Waals surface area contributed by atoms with E-state index >= 15 is 0 Å². The van der Waals surface area contributed by atoms with Gasteiger partial charge in [0.15, 0.2) is 0 Å². The molecule has 0 aliphatic heterocycles. The Balaban J connectivity index is 2.28. The average molecular weight is 225 g/mol. The van der Waals surface area contributed by atoms with Crippen LogP contribution in [0.15, 0.2) is 42.5 Å². The number of ether oxygens (including phenoxy) is 1. The minimum absolute atomic E-state index is 0.375. The molecule has 0 saturated carbocycles. The first-order chi connectivity index (χ1) is 8.11. The molecule has 0 radical (unpaired) electrons. The lowest BCUT2D eigenvalue weighted by Gasteiger charge is -2.23. The molecule has 86 valence electrons. The zero-order valence-electron chi connectivity index (χ0n) is 10.1. The lowest BCUT2D eigenvalue weighted by Crippen LogP contribution is -2.27. The molecule has 0 aliphatic carbocycles. The summed E-state index contributed by atoms with van der Waals surface area (Å²) in [4.78, 5) is 0. The van der Waals surface area contributed by atoms with Crippen molar-refractivity contribution >= 4 is 10.8 Å². The van der Waals surface area contributed by atoms with Gasteiger partial charge in [0.1, 0.15) is 11.4 Å². The molecule has 0 unspecified atom stereocenters. The highest BCUT2D eigenvalue weighted by Gasteiger charge is 2.19. The van der Waals surface area contributed by atoms with Crippen LogP contribution < -0.4 is 4.74 Å². The Hall–Kier alpha value is -2.01. The third-order valence-electron chi connectivity index (χ3n) is 2.62. The summed E-state index contributed by atoms with van der Waals surface area (Å²) in [5.41, 5.74) is -0.447. The zero-order chi connectivity index (χ0) is 12.3. The Morgan fingerprint density at radius 1 is 1.12 bits per heavy atom. The quantitative estimate of drug-likeness (QED) is 0.793. The Morgan fingerprint density at radius 2 is 1.82 bits per heavy atom. The third kappa shape index (κ3) is 2.76. The molecule has 0 spiro atoms. The topological polar surface area (TPSA) is 33.0 Å². The molecule has 0 N–H and O–H groups in total. The number of benzene rings is 2. The van der Waals surface area contributed by atoms with Gasteiger partial charge in [-0.15, -0.1) is 0 Å². The van der Waals surface area contributed by atoms with Crippen molar-refractivity contribution in [3.05, 3.63) is 42.5 Å². The molecule has 0 fully saturated rings. The maximum Gasteiger partial charge on any atom is 0.120 e. The highest BCUT2D eigenvalue weighted by Crippen LogP contribution is 2.25. The fourth-order valence-corrected chi connectivity index (χ4v) is 1.78. The van der Waals surface area contributed by atoms with E-state index in [1.807, 2.05) is 44.2 Å². The van der Waals surface area contributed by atoms with Crippen LogP contribution in [0.25, 0.3) is 10.8 Å². The molecule has 0 aliphatic rings. The predicted octanol–water partition coefficient (Wildman–Crippen LogP) is 3.91. The lowest BCUT2D eigenvalue weighted by atomic mass is 10.1. The van der Waals surface area contributed by atoms with Crippen LogP contribution in [0.1, 0.15) is 20.3 Å². The molecule has 2 aromatic carbocycles. The summed E-state index contributed by atoms with van der Waals surface area (Å²) in [5, 5.41) is 11.1. The summed E-state index contributed by atoms with van der Waals surface area (Å²) in [6.45, 7) is 3.84. The van der Waals surface area contributed by atoms with E-state index in [4.69, 9.17) is 10.00 Å². The second-order valence-electron chi connectivity index (χ2n) is 4.71. The normalized spacial score (nSPS) is 11.1. The van der Waals surface area contributed by atoms with E-state index in [2.05, 4.69) is 18.2 Å². The van der Waals surface area contributed by atoms with E-state index in [0.717, 1.165) is 11.1 Å². The molecule has 0 heterocycles. The summed E-state index contributed by atoms with van der Waals surface area (Å²) in [6, 6.07) is 16.3. The number of hydrogen-bond acceptors (Lipinski definition) is 2. The maximum absolute atomic E-state index is 8.72. The first-order valence-corrected chi connectivity index (χ1v) is 5.65. The van der Waals surface area contributed by atoms with Crippen molar-refractivity contribution in [2.45, 2.75) is 25.9 Å². The molecule has 0 bridgehead atoms. The third-order valence-corrected chi connectivity index (χ3v) is 2.62. The van der Waals surface area contributed by atoms with Crippen molar-refractivity contribution in [1.82, 2.24) is 0 Å². The lowest BCUT2D eigenvalue weighted by molar-refractivity contribution is 0.115. The van der Waals surface area contributed by atoms with Gasteiger partial charge in [-0.3, -0.25) is 0 Å². The van der Waals surface area contributed by atoms with Gasteiger partial charge in [-0.25, -0.2) is 0 Å². The van der Waals surface area contributed by atoms with Crippen LogP contribution in [0.4, 0.5) is 0 Å². The molecule has 2 aromatic rings. The second-order valence-corrected chi connectivity index (χ2v) is 4.71. The Morgan fingerprint density at radius 3 is 2.53 bits per heavy atom. The molecule has 2 heteroatoms. The van der Waals surface area contributed by atoms with Crippen LogP contribution in [0.3, 0.4) is 0 Å². The molecule has 2 nitrogen and oxygen atoms in total. The van der Waals surface area contributed by atoms with E-state index in [1.165, 1.54) is 5.39 Å². The minimum Gasteiger partial charge on any atom is -0.487 e. The van der Waals surface area contributed by atoms with Crippen LogP contribution in [0, 0.1) is 11.3 Å². The Labute approximate surface area is 101 Å². The van der Waals surface area contributed by atoms with Gasteiger partial charge in [-0.1, -0.05) is 30.3 Å². The van der Waals surface area contributed by atoms with Gasteiger partial charge in [0.05, 0.1) is 12.5 Å². The van der Waals surface area contributed by atoms with Crippen LogP contribution in [-0.2, 0) is 0 Å². The SMILES string of the molecule is CC(C)(CC#N)Oc1ccc2ccccc2c1. The molecule has 0 amide bonds. The van der Waals surface area contributed by atoms with Gasteiger partial charge >= 0.3 is 0 Å². The van der Waals surface area contributed by atoms with Gasteiger partial charge in [0.25, 0.3) is 0 Å². The van der Waals surface area contributed by atoms with E-state index in [9.17, 15) is 0 Å². The number of fused-ring (bicyclic) bond motifs is 1. The standard InChI is InChI=1S/C15H15NO/c1-15(2,9-10-16)17-14-8-7-12-5-3-4-6-13(12)11-14/h3-8,11H,9H2,1-2H3. The van der Waals surface area contributed by atoms with Crippen LogP contribution >= 0.6 is 0 Å². The van der Waals surface area contributed by atoms with Gasteiger partial charge in [-0.2, -0.15) is 5.26 Å². The summed E-state index contributed by atoms with van der Waals surface area (Å²) < 4.78 is 5.83. The van der Waals surface area contributed by atoms with E-state index < -0.39 is 5.60 Å². The van der Waals surface area contributed by atoms with Gasteiger partial charge < -0.3 is 4.74 Å². The minimum atomic E-state index is -0.447. The number of nitrogens with zero attached hydrogens (tertiary/aromatic N) is 1. The summed E-state index contributed by atoms with van der Waals surface area (Å²) in [5.74, 6) is 0.809. The van der Waals surface area contributed by atoms with Crippen LogP contribution in [0.2, 0.25) is 0 Å². The highest BCUT2D eigenvalue weighted by molar-refractivity contribution is 5.83. The van der Waals surface area contributed by atoms with E-state index in [0.29, 0.717) is 6.42 Å². The second kappa shape index (κ2) is 4.47. The average Bonchev–Trinajstić information content (AvgIpc) is 2.28.